The van der Waals surface area contributed by atoms with Gasteiger partial charge < -0.3 is 0 Å². The van der Waals surface area contributed by atoms with Gasteiger partial charge in [0.1, 0.15) is 17.7 Å². The van der Waals surface area contributed by atoms with Crippen molar-refractivity contribution in [2.24, 2.45) is 0 Å². The van der Waals surface area contributed by atoms with Crippen LogP contribution in [0.1, 0.15) is 5.56 Å². The quantitative estimate of drug-likeness (QED) is 0.160. The molecule has 78 heavy (non-hydrogen) atoms. The molecule has 0 aliphatic heterocycles. The van der Waals surface area contributed by atoms with Gasteiger partial charge in [-0.2, -0.15) is 5.26 Å². The first kappa shape index (κ1) is 44.4. The third kappa shape index (κ3) is 6.59. The third-order valence-corrected chi connectivity index (χ3v) is 18.2. The molecule has 362 valence electrons. The summed E-state index contributed by atoms with van der Waals surface area (Å²) in [6.45, 7) is 0. The Kier molecular flexibility index (Phi) is 10.0. The van der Waals surface area contributed by atoms with E-state index in [1.807, 2.05) is 28.7 Å². The number of fused-ring (bicyclic) bond motifs is 14. The van der Waals surface area contributed by atoms with Gasteiger partial charge >= 0.3 is 0 Å². The van der Waals surface area contributed by atoms with Gasteiger partial charge in [-0.1, -0.05) is 206 Å². The summed E-state index contributed by atoms with van der Waals surface area (Å²) >= 11 is 3.70. The molecule has 0 fully saturated rings. The average molecular weight is 1030 g/mol. The van der Waals surface area contributed by atoms with E-state index in [0.29, 0.717) is 5.56 Å². The lowest BCUT2D eigenvalue weighted by Gasteiger charge is -2.26. The molecule has 0 aliphatic carbocycles. The number of nitrogens with zero attached hydrogens (tertiary/aromatic N) is 4. The summed E-state index contributed by atoms with van der Waals surface area (Å²) in [5.74, 6) is 1.50. The normalized spacial score (nSPS) is 11.8. The van der Waals surface area contributed by atoms with Gasteiger partial charge in [-0.25, -0.2) is 4.98 Å². The number of rotatable bonds is 7. The Morgan fingerprint density at radius 3 is 1.08 bits per heavy atom. The minimum absolute atomic E-state index is 0.588. The zero-order valence-corrected chi connectivity index (χ0v) is 43.5. The summed E-state index contributed by atoms with van der Waals surface area (Å²) in [6, 6.07) is 94.1. The van der Waals surface area contributed by atoms with E-state index in [1.165, 1.54) is 51.1 Å². The van der Waals surface area contributed by atoms with Crippen LogP contribution in [0.3, 0.4) is 0 Å². The zero-order chi connectivity index (χ0) is 51.4. The summed E-state index contributed by atoms with van der Waals surface area (Å²) in [4.78, 5) is 5.92. The highest BCUT2D eigenvalue weighted by Gasteiger charge is 2.30. The van der Waals surface area contributed by atoms with E-state index in [2.05, 4.69) is 264 Å². The van der Waals surface area contributed by atoms with Crippen molar-refractivity contribution in [2.45, 2.75) is 0 Å². The molecule has 0 radical (unpaired) electrons. The summed E-state index contributed by atoms with van der Waals surface area (Å²) in [6.07, 6.45) is 0. The van der Waals surface area contributed by atoms with Crippen molar-refractivity contribution >= 4 is 107 Å². The second kappa shape index (κ2) is 17.6. The number of nitriles is 1. The van der Waals surface area contributed by atoms with Crippen LogP contribution in [0.5, 0.6) is 0 Å². The van der Waals surface area contributed by atoms with Crippen molar-refractivity contribution < 1.29 is 0 Å². The Balaban J connectivity index is 1.11. The van der Waals surface area contributed by atoms with Crippen LogP contribution in [0.25, 0.3) is 151 Å². The highest BCUT2D eigenvalue weighted by Crippen LogP contribution is 2.54. The first-order valence-corrected chi connectivity index (χ1v) is 27.9. The number of pyridine rings is 1. The molecule has 0 saturated heterocycles. The second-order valence-corrected chi connectivity index (χ2v) is 22.1. The van der Waals surface area contributed by atoms with Gasteiger partial charge in [0.05, 0.1) is 27.6 Å². The number of benzene rings is 11. The van der Waals surface area contributed by atoms with Crippen molar-refractivity contribution in [3.05, 3.63) is 260 Å². The summed E-state index contributed by atoms with van der Waals surface area (Å²) in [7, 11) is 0. The topological polar surface area (TPSA) is 46.5 Å². The molecule has 16 rings (SSSR count). The molecule has 6 heteroatoms. The first-order chi connectivity index (χ1) is 38.7. The third-order valence-electron chi connectivity index (χ3n) is 15.8. The Hall–Kier alpha value is -9.90. The van der Waals surface area contributed by atoms with Gasteiger partial charge in [0.25, 0.3) is 0 Å². The van der Waals surface area contributed by atoms with Crippen molar-refractivity contribution in [1.82, 2.24) is 14.1 Å². The molecule has 5 aromatic heterocycles. The Morgan fingerprint density at radius 2 is 0.654 bits per heavy atom. The van der Waals surface area contributed by atoms with Crippen LogP contribution in [-0.4, -0.2) is 14.1 Å². The van der Waals surface area contributed by atoms with Crippen LogP contribution < -0.4 is 0 Å². The van der Waals surface area contributed by atoms with Crippen LogP contribution in [0, 0.1) is 11.3 Å². The monoisotopic (exact) mass is 1030 g/mol. The Bertz CT molecular complexity index is 4930. The SMILES string of the molecule is N#Cc1c(-c2ccccc2)c(-c2ccccc2)c(-c2ccccc2)c(-c2ccccc2)c1-c1cc(-n2c3ccccc3c3c4sc5ccccc5c4ccc32)nc(-n2c3ccccc3c3c4sc5ccccc5c4ccc32)c1. The van der Waals surface area contributed by atoms with Crippen molar-refractivity contribution in [1.29, 1.82) is 5.26 Å². The van der Waals surface area contributed by atoms with E-state index in [-0.39, 0.29) is 0 Å². The Morgan fingerprint density at radius 1 is 0.308 bits per heavy atom. The Labute approximate surface area is 456 Å². The lowest BCUT2D eigenvalue weighted by molar-refractivity contribution is 1.01. The number of thiophene rings is 2. The second-order valence-electron chi connectivity index (χ2n) is 20.0. The van der Waals surface area contributed by atoms with Crippen molar-refractivity contribution in [3.63, 3.8) is 0 Å². The van der Waals surface area contributed by atoms with E-state index >= 15 is 0 Å². The number of para-hydroxylation sites is 2. The predicted octanol–water partition coefficient (Wildman–Crippen LogP) is 20.2. The highest BCUT2D eigenvalue weighted by molar-refractivity contribution is 7.27. The molecule has 0 unspecified atom stereocenters. The number of hydrogen-bond donors (Lipinski definition) is 0. The van der Waals surface area contributed by atoms with E-state index in [1.54, 1.807) is 0 Å². The van der Waals surface area contributed by atoms with Crippen LogP contribution in [0.2, 0.25) is 0 Å². The molecule has 16 aromatic rings. The van der Waals surface area contributed by atoms with Crippen LogP contribution in [0.4, 0.5) is 0 Å². The van der Waals surface area contributed by atoms with Crippen molar-refractivity contribution in [2.75, 3.05) is 0 Å². The molecule has 0 bridgehead atoms. The van der Waals surface area contributed by atoms with E-state index in [0.717, 1.165) is 100 Å². The lowest BCUT2D eigenvalue weighted by atomic mass is 9.76. The molecule has 0 spiro atoms. The maximum Gasteiger partial charge on any atom is 0.140 e. The zero-order valence-electron chi connectivity index (χ0n) is 41.9. The van der Waals surface area contributed by atoms with Crippen molar-refractivity contribution in [3.8, 4) is 73.3 Å². The standard InChI is InChI=1S/C72H42N4S2/c73-43-55-64(44-21-5-1-6-22-44)66(45-23-7-2-8-24-45)68(47-27-11-4-12-28-47)67(46-25-9-3-10-26-46)65(55)48-41-62(75-56-33-17-13-31-53(56)69-58(75)39-37-51-49-29-15-19-35-60(49)77-71(51)69)74-63(42-48)76-57-34-18-14-32-54(57)70-59(76)40-38-52-50-30-16-20-36-61(50)78-72(52)70/h1-42H. The van der Waals surface area contributed by atoms with Crippen LogP contribution >= 0.6 is 22.7 Å². The molecule has 0 saturated carbocycles. The smallest absolute Gasteiger partial charge is 0.140 e. The molecule has 0 N–H and O–H groups in total. The minimum Gasteiger partial charge on any atom is -0.294 e. The van der Waals surface area contributed by atoms with Crippen LogP contribution in [-0.2, 0) is 0 Å². The fourth-order valence-corrected chi connectivity index (χ4v) is 15.1. The summed E-state index contributed by atoms with van der Waals surface area (Å²) < 4.78 is 9.76. The molecule has 0 amide bonds. The van der Waals surface area contributed by atoms with Gasteiger partial charge in [0, 0.05) is 73.0 Å². The van der Waals surface area contributed by atoms with Gasteiger partial charge in [0.15, 0.2) is 0 Å². The molecule has 11 aromatic carbocycles. The lowest BCUT2D eigenvalue weighted by Crippen LogP contribution is -2.06. The number of hydrogen-bond acceptors (Lipinski definition) is 4. The minimum atomic E-state index is 0.588. The fraction of sp³-hybridized carbons (Fsp3) is 0. The van der Waals surface area contributed by atoms with E-state index < -0.39 is 0 Å². The summed E-state index contributed by atoms with van der Waals surface area (Å²) in [5, 5.41) is 22.0. The highest BCUT2D eigenvalue weighted by atomic mass is 32.1. The maximum atomic E-state index is 12.2. The van der Waals surface area contributed by atoms with Gasteiger partial charge in [-0.3, -0.25) is 9.13 Å². The molecule has 5 heterocycles. The summed E-state index contributed by atoms with van der Waals surface area (Å²) in [5.41, 5.74) is 14.5. The largest absolute Gasteiger partial charge is 0.294 e. The average Bonchev–Trinajstić information content (AvgIpc) is 4.34. The molecular weight excluding hydrogens is 985 g/mol. The first-order valence-electron chi connectivity index (χ1n) is 26.3. The van der Waals surface area contributed by atoms with Gasteiger partial charge in [-0.05, 0) is 93.0 Å². The fourth-order valence-electron chi connectivity index (χ4n) is 12.6. The predicted molar refractivity (Wildman–Crippen MR) is 331 cm³/mol. The molecule has 4 nitrogen and oxygen atoms in total. The molecule has 0 atom stereocenters. The van der Waals surface area contributed by atoms with E-state index in [9.17, 15) is 5.26 Å². The number of aromatic nitrogens is 3. The van der Waals surface area contributed by atoms with Gasteiger partial charge in [-0.15, -0.1) is 22.7 Å². The van der Waals surface area contributed by atoms with Crippen LogP contribution in [0.15, 0.2) is 255 Å². The van der Waals surface area contributed by atoms with Gasteiger partial charge in [0.2, 0.25) is 0 Å². The molecular formula is C72H42N4S2. The van der Waals surface area contributed by atoms with E-state index in [4.69, 9.17) is 4.98 Å². The molecule has 0 aliphatic rings. The maximum absolute atomic E-state index is 12.2.